The Labute approximate surface area is 139 Å². The Balaban J connectivity index is 1.99. The van der Waals surface area contributed by atoms with Crippen LogP contribution in [-0.4, -0.2) is 11.7 Å². The lowest BCUT2D eigenvalue weighted by atomic mass is 10.0. The standard InChI is InChI=1S/C20H13ClN2/c1-12-15-5-3-4-6-16(15)17-11-23-19(20(22-2)18(12)17)13-7-9-14(21)10-8-13/h3-11H,1-2H2. The Hall–Kier alpha value is -2.71. The van der Waals surface area contributed by atoms with Crippen LogP contribution in [0.25, 0.3) is 28.0 Å². The van der Waals surface area contributed by atoms with Gasteiger partial charge < -0.3 is 0 Å². The molecule has 0 saturated heterocycles. The molecule has 0 aliphatic heterocycles. The van der Waals surface area contributed by atoms with E-state index in [-0.39, 0.29) is 0 Å². The third-order valence-corrected chi connectivity index (χ3v) is 4.43. The Morgan fingerprint density at radius 3 is 2.30 bits per heavy atom. The van der Waals surface area contributed by atoms with Crippen LogP contribution in [0, 0.1) is 0 Å². The van der Waals surface area contributed by atoms with E-state index < -0.39 is 0 Å². The highest BCUT2D eigenvalue weighted by Gasteiger charge is 2.26. The van der Waals surface area contributed by atoms with Gasteiger partial charge in [0.1, 0.15) is 0 Å². The van der Waals surface area contributed by atoms with Gasteiger partial charge in [0.15, 0.2) is 0 Å². The summed E-state index contributed by atoms with van der Waals surface area (Å²) in [4.78, 5) is 8.90. The van der Waals surface area contributed by atoms with E-state index in [2.05, 4.69) is 35.4 Å². The van der Waals surface area contributed by atoms with Gasteiger partial charge in [-0.1, -0.05) is 54.6 Å². The fourth-order valence-corrected chi connectivity index (χ4v) is 3.23. The summed E-state index contributed by atoms with van der Waals surface area (Å²) in [7, 11) is 0. The van der Waals surface area contributed by atoms with Crippen LogP contribution in [0.4, 0.5) is 5.69 Å². The molecule has 0 saturated carbocycles. The van der Waals surface area contributed by atoms with Crippen molar-refractivity contribution in [3.8, 4) is 22.4 Å². The zero-order valence-electron chi connectivity index (χ0n) is 12.4. The zero-order chi connectivity index (χ0) is 16.0. The van der Waals surface area contributed by atoms with E-state index >= 15 is 0 Å². The van der Waals surface area contributed by atoms with Gasteiger partial charge in [-0.25, -0.2) is 0 Å². The van der Waals surface area contributed by atoms with Crippen LogP contribution >= 0.6 is 11.6 Å². The van der Waals surface area contributed by atoms with Gasteiger partial charge in [-0.15, -0.1) is 0 Å². The maximum atomic E-state index is 5.98. The largest absolute Gasteiger partial charge is 0.262 e. The molecule has 23 heavy (non-hydrogen) atoms. The summed E-state index contributed by atoms with van der Waals surface area (Å²) in [6.07, 6.45) is 1.89. The van der Waals surface area contributed by atoms with Gasteiger partial charge in [-0.05, 0) is 35.6 Å². The fraction of sp³-hybridized carbons (Fsp3) is 0. The first-order chi connectivity index (χ1) is 11.2. The number of benzene rings is 2. The van der Waals surface area contributed by atoms with Gasteiger partial charge in [-0.2, -0.15) is 0 Å². The first-order valence-electron chi connectivity index (χ1n) is 7.25. The number of pyridine rings is 1. The van der Waals surface area contributed by atoms with E-state index in [4.69, 9.17) is 11.6 Å². The van der Waals surface area contributed by atoms with Crippen LogP contribution in [0.5, 0.6) is 0 Å². The molecule has 0 atom stereocenters. The number of nitrogens with zero attached hydrogens (tertiary/aromatic N) is 2. The van der Waals surface area contributed by atoms with Gasteiger partial charge >= 0.3 is 0 Å². The van der Waals surface area contributed by atoms with Crippen molar-refractivity contribution < 1.29 is 0 Å². The summed E-state index contributed by atoms with van der Waals surface area (Å²) in [6, 6.07) is 15.8. The topological polar surface area (TPSA) is 25.2 Å². The average molecular weight is 317 g/mol. The molecule has 4 rings (SSSR count). The minimum absolute atomic E-state index is 0.694. The second-order valence-corrected chi connectivity index (χ2v) is 5.87. The third kappa shape index (κ3) is 2.03. The molecule has 2 nitrogen and oxygen atoms in total. The van der Waals surface area contributed by atoms with Crippen molar-refractivity contribution in [3.63, 3.8) is 0 Å². The molecule has 0 amide bonds. The number of hydrogen-bond acceptors (Lipinski definition) is 2. The van der Waals surface area contributed by atoms with Gasteiger partial charge in [0.2, 0.25) is 0 Å². The molecule has 1 aliphatic carbocycles. The lowest BCUT2D eigenvalue weighted by molar-refractivity contribution is 1.30. The first kappa shape index (κ1) is 13.9. The average Bonchev–Trinajstić information content (AvgIpc) is 2.88. The van der Waals surface area contributed by atoms with Crippen molar-refractivity contribution in [1.82, 2.24) is 4.98 Å². The van der Waals surface area contributed by atoms with Gasteiger partial charge in [-0.3, -0.25) is 9.98 Å². The second-order valence-electron chi connectivity index (χ2n) is 5.43. The molecule has 0 fully saturated rings. The zero-order valence-corrected chi connectivity index (χ0v) is 13.1. The minimum Gasteiger partial charge on any atom is -0.262 e. The molecular formula is C20H13ClN2. The van der Waals surface area contributed by atoms with Crippen LogP contribution in [0.15, 0.2) is 66.3 Å². The monoisotopic (exact) mass is 316 g/mol. The van der Waals surface area contributed by atoms with Crippen LogP contribution in [0.3, 0.4) is 0 Å². The highest BCUT2D eigenvalue weighted by Crippen LogP contribution is 2.49. The first-order valence-corrected chi connectivity index (χ1v) is 7.63. The summed E-state index contributed by atoms with van der Waals surface area (Å²) in [5.74, 6) is 0. The van der Waals surface area contributed by atoms with E-state index in [1.54, 1.807) is 0 Å². The highest BCUT2D eigenvalue weighted by molar-refractivity contribution is 6.30. The number of fused-ring (bicyclic) bond motifs is 3. The summed E-state index contributed by atoms with van der Waals surface area (Å²) >= 11 is 5.98. The van der Waals surface area contributed by atoms with Crippen molar-refractivity contribution in [2.45, 2.75) is 0 Å². The molecule has 0 N–H and O–H groups in total. The summed E-state index contributed by atoms with van der Waals surface area (Å²) < 4.78 is 0. The Bertz CT molecular complexity index is 956. The van der Waals surface area contributed by atoms with Crippen LogP contribution in [0.2, 0.25) is 5.02 Å². The highest BCUT2D eigenvalue weighted by atomic mass is 35.5. The Morgan fingerprint density at radius 2 is 1.61 bits per heavy atom. The van der Waals surface area contributed by atoms with E-state index in [1.807, 2.05) is 42.6 Å². The number of rotatable bonds is 2. The SMILES string of the molecule is C=Nc1c(-c2ccc(Cl)cc2)ncc2c1C(=C)c1ccccc1-2. The Morgan fingerprint density at radius 1 is 0.913 bits per heavy atom. The lowest BCUT2D eigenvalue weighted by Gasteiger charge is -2.11. The molecule has 0 radical (unpaired) electrons. The van der Waals surface area contributed by atoms with E-state index in [0.29, 0.717) is 5.02 Å². The molecule has 0 spiro atoms. The summed E-state index contributed by atoms with van der Waals surface area (Å²) in [5.41, 5.74) is 7.84. The normalized spacial score (nSPS) is 12.0. The molecular weight excluding hydrogens is 304 g/mol. The number of hydrogen-bond donors (Lipinski definition) is 0. The molecule has 3 heteroatoms. The van der Waals surface area contributed by atoms with Crippen molar-refractivity contribution in [2.75, 3.05) is 0 Å². The van der Waals surface area contributed by atoms with Crippen LogP contribution in [0.1, 0.15) is 11.1 Å². The van der Waals surface area contributed by atoms with Crippen molar-refractivity contribution in [2.24, 2.45) is 4.99 Å². The van der Waals surface area contributed by atoms with Gasteiger partial charge in [0.05, 0.1) is 11.4 Å². The quantitative estimate of drug-likeness (QED) is 0.430. The van der Waals surface area contributed by atoms with E-state index in [9.17, 15) is 0 Å². The van der Waals surface area contributed by atoms with Gasteiger partial charge in [0.25, 0.3) is 0 Å². The molecule has 1 aromatic heterocycles. The molecule has 0 unspecified atom stereocenters. The maximum Gasteiger partial charge on any atom is 0.0970 e. The molecule has 1 aliphatic rings. The van der Waals surface area contributed by atoms with Gasteiger partial charge in [0, 0.05) is 27.9 Å². The predicted molar refractivity (Wildman–Crippen MR) is 97.5 cm³/mol. The number of halogens is 1. The molecule has 2 aromatic carbocycles. The van der Waals surface area contributed by atoms with E-state index in [0.717, 1.165) is 44.8 Å². The summed E-state index contributed by atoms with van der Waals surface area (Å²) in [5, 5.41) is 0.694. The smallest absolute Gasteiger partial charge is 0.0970 e. The molecule has 3 aromatic rings. The van der Waals surface area contributed by atoms with Crippen LogP contribution < -0.4 is 0 Å². The number of aromatic nitrogens is 1. The Kier molecular flexibility index (Phi) is 3.14. The lowest BCUT2D eigenvalue weighted by Crippen LogP contribution is -1.90. The summed E-state index contributed by atoms with van der Waals surface area (Å²) in [6.45, 7) is 8.01. The maximum absolute atomic E-state index is 5.98. The second kappa shape index (κ2) is 5.18. The van der Waals surface area contributed by atoms with Crippen molar-refractivity contribution >= 4 is 29.6 Å². The third-order valence-electron chi connectivity index (χ3n) is 4.17. The number of aliphatic imine (C=N–C) groups is 1. The van der Waals surface area contributed by atoms with Crippen LogP contribution in [-0.2, 0) is 0 Å². The minimum atomic E-state index is 0.694. The van der Waals surface area contributed by atoms with Crippen molar-refractivity contribution in [3.05, 3.63) is 77.5 Å². The predicted octanol–water partition coefficient (Wildman–Crippen LogP) is 5.78. The molecule has 110 valence electrons. The molecule has 0 bridgehead atoms. The molecule has 1 heterocycles. The van der Waals surface area contributed by atoms with Crippen molar-refractivity contribution in [1.29, 1.82) is 0 Å². The fourth-order valence-electron chi connectivity index (χ4n) is 3.10. The van der Waals surface area contributed by atoms with E-state index in [1.165, 1.54) is 0 Å².